The third-order valence-corrected chi connectivity index (χ3v) is 4.69. The Balaban J connectivity index is 1.67. The molecular formula is C16H26N6O. The average Bonchev–Trinajstić information content (AvgIpc) is 3.00. The molecule has 1 aromatic rings. The zero-order valence-electron chi connectivity index (χ0n) is 13.8. The van der Waals surface area contributed by atoms with E-state index < -0.39 is 0 Å². The van der Waals surface area contributed by atoms with Crippen molar-refractivity contribution in [2.75, 3.05) is 51.2 Å². The molecule has 126 valence electrons. The van der Waals surface area contributed by atoms with Gasteiger partial charge in [-0.2, -0.15) is 0 Å². The standard InChI is InChI=1S/C16H26N6O/c1-20-8-9-21(11-13(10-20)15(17)23)12-14-4-5-18-16(19-14)22-6-2-3-7-22/h4-5,13H,2-3,6-12H2,1H3,(H2,17,23). The molecule has 2 aliphatic heterocycles. The third-order valence-electron chi connectivity index (χ3n) is 4.69. The number of rotatable bonds is 4. The van der Waals surface area contributed by atoms with Crippen LogP contribution in [0.3, 0.4) is 0 Å². The van der Waals surface area contributed by atoms with Crippen LogP contribution in [0.4, 0.5) is 5.95 Å². The number of hydrogen-bond donors (Lipinski definition) is 1. The van der Waals surface area contributed by atoms with E-state index >= 15 is 0 Å². The van der Waals surface area contributed by atoms with Crippen LogP contribution in [0, 0.1) is 5.92 Å². The molecule has 0 saturated carbocycles. The summed E-state index contributed by atoms with van der Waals surface area (Å²) in [6.07, 6.45) is 4.27. The maximum Gasteiger partial charge on any atom is 0.225 e. The van der Waals surface area contributed by atoms with Crippen molar-refractivity contribution < 1.29 is 4.79 Å². The first-order valence-corrected chi connectivity index (χ1v) is 8.39. The van der Waals surface area contributed by atoms with E-state index in [-0.39, 0.29) is 11.8 Å². The van der Waals surface area contributed by atoms with Crippen molar-refractivity contribution in [3.63, 3.8) is 0 Å². The van der Waals surface area contributed by atoms with Gasteiger partial charge < -0.3 is 15.5 Å². The zero-order valence-corrected chi connectivity index (χ0v) is 13.8. The van der Waals surface area contributed by atoms with Gasteiger partial charge in [0, 0.05) is 52.0 Å². The molecule has 23 heavy (non-hydrogen) atoms. The number of nitrogens with two attached hydrogens (primary N) is 1. The van der Waals surface area contributed by atoms with E-state index in [9.17, 15) is 4.79 Å². The summed E-state index contributed by atoms with van der Waals surface area (Å²) >= 11 is 0. The zero-order chi connectivity index (χ0) is 16.2. The second kappa shape index (κ2) is 7.23. The highest BCUT2D eigenvalue weighted by atomic mass is 16.1. The Hall–Kier alpha value is -1.73. The van der Waals surface area contributed by atoms with Crippen molar-refractivity contribution in [3.8, 4) is 0 Å². The monoisotopic (exact) mass is 318 g/mol. The van der Waals surface area contributed by atoms with Crippen molar-refractivity contribution in [3.05, 3.63) is 18.0 Å². The van der Waals surface area contributed by atoms with E-state index in [2.05, 4.69) is 19.7 Å². The Morgan fingerprint density at radius 2 is 2.04 bits per heavy atom. The number of carbonyl (C=O) groups is 1. The van der Waals surface area contributed by atoms with Crippen LogP contribution in [-0.4, -0.2) is 72.0 Å². The van der Waals surface area contributed by atoms with Crippen LogP contribution in [0.25, 0.3) is 0 Å². The molecule has 2 N–H and O–H groups in total. The van der Waals surface area contributed by atoms with E-state index in [0.717, 1.165) is 50.9 Å². The second-order valence-corrected chi connectivity index (χ2v) is 6.64. The maximum absolute atomic E-state index is 11.6. The van der Waals surface area contributed by atoms with Gasteiger partial charge in [0.2, 0.25) is 11.9 Å². The minimum absolute atomic E-state index is 0.123. The predicted molar refractivity (Wildman–Crippen MR) is 88.9 cm³/mol. The topological polar surface area (TPSA) is 78.6 Å². The highest BCUT2D eigenvalue weighted by Crippen LogP contribution is 2.17. The summed E-state index contributed by atoms with van der Waals surface area (Å²) in [6, 6.07) is 1.97. The van der Waals surface area contributed by atoms with E-state index in [1.807, 2.05) is 19.3 Å². The smallest absolute Gasteiger partial charge is 0.225 e. The molecule has 7 heteroatoms. The Morgan fingerprint density at radius 3 is 2.78 bits per heavy atom. The highest BCUT2D eigenvalue weighted by Gasteiger charge is 2.25. The van der Waals surface area contributed by atoms with Gasteiger partial charge in [0.15, 0.2) is 0 Å². The van der Waals surface area contributed by atoms with E-state index in [1.54, 1.807) is 0 Å². The number of primary amides is 1. The maximum atomic E-state index is 11.6. The van der Waals surface area contributed by atoms with Crippen LogP contribution in [0.5, 0.6) is 0 Å². The lowest BCUT2D eigenvalue weighted by atomic mass is 10.1. The number of carbonyl (C=O) groups excluding carboxylic acids is 1. The minimum atomic E-state index is -0.218. The summed E-state index contributed by atoms with van der Waals surface area (Å²) in [6.45, 7) is 6.11. The van der Waals surface area contributed by atoms with Gasteiger partial charge in [-0.25, -0.2) is 9.97 Å². The van der Waals surface area contributed by atoms with E-state index in [4.69, 9.17) is 10.7 Å². The number of amides is 1. The van der Waals surface area contributed by atoms with Gasteiger partial charge in [-0.15, -0.1) is 0 Å². The minimum Gasteiger partial charge on any atom is -0.369 e. The molecule has 0 spiro atoms. The number of anilines is 1. The molecule has 0 aromatic carbocycles. The fourth-order valence-electron chi connectivity index (χ4n) is 3.34. The van der Waals surface area contributed by atoms with Crippen LogP contribution >= 0.6 is 0 Å². The number of nitrogens with zero attached hydrogens (tertiary/aromatic N) is 5. The molecule has 2 fully saturated rings. The fraction of sp³-hybridized carbons (Fsp3) is 0.688. The van der Waals surface area contributed by atoms with Gasteiger partial charge >= 0.3 is 0 Å². The number of hydrogen-bond acceptors (Lipinski definition) is 6. The Bertz CT molecular complexity index is 545. The van der Waals surface area contributed by atoms with Crippen molar-refractivity contribution in [2.45, 2.75) is 19.4 Å². The fourth-order valence-corrected chi connectivity index (χ4v) is 3.34. The Kier molecular flexibility index (Phi) is 5.07. The molecule has 3 rings (SSSR count). The largest absolute Gasteiger partial charge is 0.369 e. The second-order valence-electron chi connectivity index (χ2n) is 6.64. The van der Waals surface area contributed by atoms with Gasteiger partial charge in [-0.1, -0.05) is 0 Å². The number of likely N-dealkylation sites (N-methyl/N-ethyl adjacent to an activating group) is 1. The summed E-state index contributed by atoms with van der Waals surface area (Å²) < 4.78 is 0. The molecule has 2 saturated heterocycles. The lowest BCUT2D eigenvalue weighted by Crippen LogP contribution is -2.37. The molecule has 0 aliphatic carbocycles. The van der Waals surface area contributed by atoms with Crippen molar-refractivity contribution in [1.29, 1.82) is 0 Å². The molecule has 0 bridgehead atoms. The molecular weight excluding hydrogens is 292 g/mol. The molecule has 3 heterocycles. The lowest BCUT2D eigenvalue weighted by Gasteiger charge is -2.22. The normalized spacial score (nSPS) is 23.9. The van der Waals surface area contributed by atoms with Crippen LogP contribution in [-0.2, 0) is 11.3 Å². The van der Waals surface area contributed by atoms with E-state index in [0.29, 0.717) is 6.54 Å². The van der Waals surface area contributed by atoms with Gasteiger partial charge in [0.1, 0.15) is 0 Å². The summed E-state index contributed by atoms with van der Waals surface area (Å²) in [5.41, 5.74) is 6.55. The Morgan fingerprint density at radius 1 is 1.26 bits per heavy atom. The van der Waals surface area contributed by atoms with Crippen molar-refractivity contribution in [1.82, 2.24) is 19.8 Å². The van der Waals surface area contributed by atoms with Gasteiger partial charge in [-0.3, -0.25) is 9.69 Å². The summed E-state index contributed by atoms with van der Waals surface area (Å²) in [5.74, 6) is 0.491. The van der Waals surface area contributed by atoms with Crippen molar-refractivity contribution in [2.24, 2.45) is 11.7 Å². The molecule has 1 unspecified atom stereocenters. The third kappa shape index (κ3) is 4.17. The number of aromatic nitrogens is 2. The quantitative estimate of drug-likeness (QED) is 0.837. The first-order valence-electron chi connectivity index (χ1n) is 8.39. The van der Waals surface area contributed by atoms with Crippen molar-refractivity contribution >= 4 is 11.9 Å². The summed E-state index contributed by atoms with van der Waals surface area (Å²) in [4.78, 5) is 27.4. The van der Waals surface area contributed by atoms with Gasteiger partial charge in [-0.05, 0) is 26.0 Å². The lowest BCUT2D eigenvalue weighted by molar-refractivity contribution is -0.122. The molecule has 1 amide bonds. The van der Waals surface area contributed by atoms with Gasteiger partial charge in [0.25, 0.3) is 0 Å². The van der Waals surface area contributed by atoms with E-state index in [1.165, 1.54) is 12.8 Å². The van der Waals surface area contributed by atoms with Crippen LogP contribution in [0.15, 0.2) is 12.3 Å². The van der Waals surface area contributed by atoms with Crippen LogP contribution in [0.1, 0.15) is 18.5 Å². The Labute approximate surface area is 137 Å². The highest BCUT2D eigenvalue weighted by molar-refractivity contribution is 5.77. The van der Waals surface area contributed by atoms with Crippen LogP contribution in [0.2, 0.25) is 0 Å². The molecule has 1 aromatic heterocycles. The molecule has 0 radical (unpaired) electrons. The first kappa shape index (κ1) is 16.1. The molecule has 1 atom stereocenters. The predicted octanol–water partition coefficient (Wildman–Crippen LogP) is -0.0743. The SMILES string of the molecule is CN1CCN(Cc2ccnc(N3CCCC3)n2)CC(C(N)=O)C1. The summed E-state index contributed by atoms with van der Waals surface area (Å²) in [5, 5.41) is 0. The summed E-state index contributed by atoms with van der Waals surface area (Å²) in [7, 11) is 2.04. The molecule has 2 aliphatic rings. The van der Waals surface area contributed by atoms with Crippen LogP contribution < -0.4 is 10.6 Å². The average molecular weight is 318 g/mol. The van der Waals surface area contributed by atoms with Gasteiger partial charge in [0.05, 0.1) is 11.6 Å². The first-order chi connectivity index (χ1) is 11.1. The molecule has 7 nitrogen and oxygen atoms in total.